The van der Waals surface area contributed by atoms with Gasteiger partial charge in [-0.3, -0.25) is 0 Å². The Hall–Kier alpha value is 1.67. The molecule has 0 rings (SSSR count). The molecule has 4 nitrogen and oxygen atoms in total. The molecule has 0 amide bonds. The van der Waals surface area contributed by atoms with Gasteiger partial charge in [0.25, 0.3) is 0 Å². The summed E-state index contributed by atoms with van der Waals surface area (Å²) in [5.74, 6) is 0.178. The highest BCUT2D eigenvalue weighted by molar-refractivity contribution is 9.26. The topological polar surface area (TPSA) is 36.9 Å². The number of ether oxygens (including phenoxy) is 4. The molecule has 0 radical (unpaired) electrons. The summed E-state index contributed by atoms with van der Waals surface area (Å²) in [5, 5.41) is 2.36. The van der Waals surface area contributed by atoms with Gasteiger partial charge < -0.3 is 18.9 Å². The Bertz CT molecular complexity index is 199. The lowest BCUT2D eigenvalue weighted by Gasteiger charge is -2.16. The van der Waals surface area contributed by atoms with Crippen LogP contribution in [0.2, 0.25) is 0 Å². The molecule has 0 heterocycles. The maximum absolute atomic E-state index is 5.58. The number of hydrogen-bond acceptors (Lipinski definition) is 8. The van der Waals surface area contributed by atoms with Crippen molar-refractivity contribution in [2.75, 3.05) is 37.2 Å². The van der Waals surface area contributed by atoms with Crippen LogP contribution < -0.4 is 0 Å². The normalized spacial score (nSPS) is 12.8. The molecule has 0 aliphatic rings. The predicted octanol–water partition coefficient (Wildman–Crippen LogP) is 2.63. The van der Waals surface area contributed by atoms with Gasteiger partial charge in [0.05, 0.1) is 0 Å². The van der Waals surface area contributed by atoms with Crippen LogP contribution in [0.3, 0.4) is 0 Å². The van der Waals surface area contributed by atoms with Gasteiger partial charge in [-0.05, 0) is 58.1 Å². The van der Waals surface area contributed by atoms with E-state index in [1.165, 1.54) is 10.8 Å². The Morgan fingerprint density at radius 2 is 0.955 bits per heavy atom. The van der Waals surface area contributed by atoms with E-state index in [1.54, 1.807) is 0 Å². The number of rotatable bonds is 17. The zero-order valence-corrected chi connectivity index (χ0v) is 20.2. The van der Waals surface area contributed by atoms with Crippen LogP contribution in [-0.2, 0) is 18.9 Å². The smallest absolute Gasteiger partial charge is 0.135 e. The first-order valence-corrected chi connectivity index (χ1v) is 16.6. The summed E-state index contributed by atoms with van der Waals surface area (Å²) < 4.78 is 22.3. The van der Waals surface area contributed by atoms with E-state index in [2.05, 4.69) is 0 Å². The van der Waals surface area contributed by atoms with Crippen LogP contribution >= 0.6 is 41.2 Å². The molecule has 0 saturated heterocycles. The highest BCUT2D eigenvalue weighted by atomic mass is 33.7. The Kier molecular flexibility index (Phi) is 20.5. The Balaban J connectivity index is 3.44. The molecule has 0 atom stereocenters. The first-order chi connectivity index (χ1) is 10.8. The molecule has 134 valence electrons. The Morgan fingerprint density at radius 1 is 0.636 bits per heavy atom. The third-order valence-electron chi connectivity index (χ3n) is 2.41. The molecule has 0 bridgehead atoms. The van der Waals surface area contributed by atoms with Gasteiger partial charge in [0, 0.05) is 26.4 Å². The Morgan fingerprint density at radius 3 is 1.23 bits per heavy atom. The lowest BCUT2D eigenvalue weighted by molar-refractivity contribution is -0.0826. The molecule has 0 aromatic carbocycles. The molecular formula is C12H30O4S4Si2. The summed E-state index contributed by atoms with van der Waals surface area (Å²) in [6.45, 7) is 11.1. The van der Waals surface area contributed by atoms with E-state index >= 15 is 0 Å². The Labute approximate surface area is 155 Å². The van der Waals surface area contributed by atoms with Crippen LogP contribution in [-0.4, -0.2) is 68.0 Å². The molecule has 10 heteroatoms. The van der Waals surface area contributed by atoms with Crippen molar-refractivity contribution in [1.29, 1.82) is 0 Å². The second kappa shape index (κ2) is 19.0. The number of hydrogen-bond donors (Lipinski definition) is 0. The highest BCUT2D eigenvalue weighted by Gasteiger charge is 2.10. The maximum atomic E-state index is 5.58. The van der Waals surface area contributed by atoms with Crippen molar-refractivity contribution in [1.82, 2.24) is 0 Å². The van der Waals surface area contributed by atoms with Crippen molar-refractivity contribution < 1.29 is 18.9 Å². The van der Waals surface area contributed by atoms with Crippen molar-refractivity contribution in [3.8, 4) is 0 Å². The maximum Gasteiger partial charge on any atom is 0.135 e. The third-order valence-corrected chi connectivity index (χ3v) is 15.2. The van der Waals surface area contributed by atoms with Crippen LogP contribution in [0.25, 0.3) is 0 Å². The van der Waals surface area contributed by atoms with Gasteiger partial charge in [0.2, 0.25) is 0 Å². The molecule has 0 N–H and O–H groups in total. The molecule has 0 aromatic heterocycles. The molecule has 0 fully saturated rings. The predicted molar refractivity (Wildman–Crippen MR) is 111 cm³/mol. The summed E-state index contributed by atoms with van der Waals surface area (Å²) in [6, 6.07) is 0. The van der Waals surface area contributed by atoms with Crippen molar-refractivity contribution >= 4 is 60.3 Å². The van der Waals surface area contributed by atoms with Crippen molar-refractivity contribution in [3.63, 3.8) is 0 Å². The standard InChI is InChI=1S/C12H30O4S4Si2/c1-5-13-11(14-6-2)21-9-17-19-20-18-10-22-12(15-7-3)16-8-4/h11-12H,5-10,21-22H2,1-4H3. The van der Waals surface area contributed by atoms with Gasteiger partial charge >= 0.3 is 0 Å². The van der Waals surface area contributed by atoms with E-state index in [0.29, 0.717) is 0 Å². The minimum atomic E-state index is -0.319. The van der Waals surface area contributed by atoms with E-state index in [1.807, 2.05) is 68.9 Å². The highest BCUT2D eigenvalue weighted by Crippen LogP contribution is 2.42. The third kappa shape index (κ3) is 15.2. The SMILES string of the molecule is CCOC(OCC)[SiH2]CSSSSC[SiH2]C(OCC)OCC. The average Bonchev–Trinajstić information content (AvgIpc) is 2.50. The van der Waals surface area contributed by atoms with Crippen LogP contribution in [0, 0.1) is 0 Å². The molecule has 0 saturated carbocycles. The van der Waals surface area contributed by atoms with Gasteiger partial charge in [-0.1, -0.05) is 21.6 Å². The first-order valence-electron chi connectivity index (χ1n) is 7.82. The van der Waals surface area contributed by atoms with Crippen LogP contribution in [0.1, 0.15) is 27.7 Å². The van der Waals surface area contributed by atoms with Gasteiger partial charge in [0.1, 0.15) is 30.9 Å². The van der Waals surface area contributed by atoms with Gasteiger partial charge in [-0.2, -0.15) is 0 Å². The summed E-state index contributed by atoms with van der Waals surface area (Å²) in [4.78, 5) is 0. The van der Waals surface area contributed by atoms with E-state index in [4.69, 9.17) is 18.9 Å². The van der Waals surface area contributed by atoms with Crippen LogP contribution in [0.4, 0.5) is 0 Å². The summed E-state index contributed by atoms with van der Waals surface area (Å²) >= 11 is 0. The largest absolute Gasteiger partial charge is 0.357 e. The summed E-state index contributed by atoms with van der Waals surface area (Å²) in [6.07, 6.45) is 0. The minimum absolute atomic E-state index is 0.0892. The van der Waals surface area contributed by atoms with Crippen molar-refractivity contribution in [2.24, 2.45) is 0 Å². The molecule has 0 aliphatic carbocycles. The van der Waals surface area contributed by atoms with Gasteiger partial charge in [-0.15, -0.1) is 0 Å². The summed E-state index contributed by atoms with van der Waals surface area (Å²) in [5.41, 5.74) is 0. The van der Waals surface area contributed by atoms with Crippen molar-refractivity contribution in [2.45, 2.75) is 39.5 Å². The van der Waals surface area contributed by atoms with E-state index in [0.717, 1.165) is 26.4 Å². The summed E-state index contributed by atoms with van der Waals surface area (Å²) in [7, 11) is 6.95. The monoisotopic (exact) mass is 422 g/mol. The molecule has 22 heavy (non-hydrogen) atoms. The van der Waals surface area contributed by atoms with Crippen LogP contribution in [0.5, 0.6) is 0 Å². The van der Waals surface area contributed by atoms with Gasteiger partial charge in [0.15, 0.2) is 0 Å². The lowest BCUT2D eigenvalue weighted by atomic mass is 10.9. The second-order valence-corrected chi connectivity index (χ2v) is 15.2. The van der Waals surface area contributed by atoms with E-state index in [9.17, 15) is 0 Å². The zero-order valence-electron chi connectivity index (χ0n) is 14.1. The lowest BCUT2D eigenvalue weighted by Crippen LogP contribution is -2.26. The fourth-order valence-corrected chi connectivity index (χ4v) is 15.8. The van der Waals surface area contributed by atoms with E-state index in [-0.39, 0.29) is 30.9 Å². The molecule has 0 unspecified atom stereocenters. The average molecular weight is 423 g/mol. The quantitative estimate of drug-likeness (QED) is 0.153. The van der Waals surface area contributed by atoms with Gasteiger partial charge in [-0.25, -0.2) is 0 Å². The second-order valence-electron chi connectivity index (χ2n) is 4.04. The van der Waals surface area contributed by atoms with E-state index < -0.39 is 0 Å². The zero-order chi connectivity index (χ0) is 16.5. The fraction of sp³-hybridized carbons (Fsp3) is 1.00. The van der Waals surface area contributed by atoms with Crippen molar-refractivity contribution in [3.05, 3.63) is 0 Å². The molecule has 0 aliphatic heterocycles. The molecule has 0 aromatic rings. The molecule has 0 spiro atoms. The van der Waals surface area contributed by atoms with Crippen LogP contribution in [0.15, 0.2) is 0 Å². The molecular weight excluding hydrogens is 393 g/mol. The fourth-order valence-electron chi connectivity index (χ4n) is 1.57. The minimum Gasteiger partial charge on any atom is -0.357 e. The first kappa shape index (κ1) is 23.7.